The molecular formula is C57H94O28S. The number of carbonyl (C=O) groups excluding carboxylic acids is 1. The van der Waals surface area contributed by atoms with Gasteiger partial charge < -0.3 is 114 Å². The molecule has 86 heavy (non-hydrogen) atoms. The molecule has 0 bridgehead atoms. The van der Waals surface area contributed by atoms with Crippen molar-refractivity contribution in [2.24, 2.45) is 40.4 Å². The molecule has 0 amide bonds. The molecule has 5 saturated heterocycles. The molecule has 9 rings (SSSR count). The van der Waals surface area contributed by atoms with E-state index in [1.807, 2.05) is 13.8 Å². The zero-order valence-corrected chi connectivity index (χ0v) is 51.0. The van der Waals surface area contributed by atoms with Gasteiger partial charge >= 0.3 is 10.4 Å². The fourth-order valence-electron chi connectivity index (χ4n) is 16.0. The molecule has 33 atom stereocenters. The first kappa shape index (κ1) is 68.7. The minimum absolute atomic E-state index is 0.00611. The predicted molar refractivity (Wildman–Crippen MR) is 290 cm³/mol. The summed E-state index contributed by atoms with van der Waals surface area (Å²) in [7, 11) is -4.91. The number of aliphatic hydroxyl groups is 13. The summed E-state index contributed by atoms with van der Waals surface area (Å²) in [6, 6.07) is 0. The first-order chi connectivity index (χ1) is 39.9. The smallest absolute Gasteiger partial charge is 0.389 e. The average molecular weight is 1260 g/mol. The van der Waals surface area contributed by atoms with Crippen LogP contribution in [0.1, 0.15) is 127 Å². The normalized spacial score (nSPS) is 51.4. The standard InChI is InChI=1S/C57H94O28S/c1-21(2)17-27(58)20-56(10,69)34-12-11-30-29-19-33(32-18-28(85-86(72,73)74)13-15-54(32,8)31(29)14-16-55(30,34)9)80-51-44(68)48(57(70,71)26(7)79-51)84-53-47(83-50-42(66)39(63)36(60)23(4)76-50)43(67)45(25(6)78-53)81-52-46(40(64)37(61)24(5)77-52)82-49-41(65)38(62)35(59)22(3)75-49/h14,21-26,28-30,32-53,59-71H,11-13,15-20H2,1-10H3,(H,72,73,74). The monoisotopic (exact) mass is 1260 g/mol. The third-order valence-electron chi connectivity index (χ3n) is 20.7. The average Bonchev–Trinajstić information content (AvgIpc) is 3.26. The van der Waals surface area contributed by atoms with Crippen molar-refractivity contribution in [2.75, 3.05) is 0 Å². The van der Waals surface area contributed by atoms with E-state index in [4.69, 9.17) is 51.6 Å². The lowest BCUT2D eigenvalue weighted by Gasteiger charge is -2.60. The molecule has 0 aromatic carbocycles. The van der Waals surface area contributed by atoms with Crippen LogP contribution in [0.3, 0.4) is 0 Å². The van der Waals surface area contributed by atoms with Crippen LogP contribution in [-0.4, -0.2) is 256 Å². The number of Topliss-reactive ketones (excluding diaryl/α,β-unsaturated/α-hetero) is 1. The second-order valence-corrected chi connectivity index (χ2v) is 28.3. The molecule has 8 fully saturated rings. The highest BCUT2D eigenvalue weighted by molar-refractivity contribution is 7.80. The van der Waals surface area contributed by atoms with Crippen LogP contribution >= 0.6 is 0 Å². The van der Waals surface area contributed by atoms with Gasteiger partial charge in [-0.3, -0.25) is 9.35 Å². The molecule has 33 unspecified atom stereocenters. The van der Waals surface area contributed by atoms with Crippen molar-refractivity contribution >= 4 is 16.2 Å². The number of ether oxygens (including phenoxy) is 10. The summed E-state index contributed by atoms with van der Waals surface area (Å²) in [6.45, 7) is 16.6. The van der Waals surface area contributed by atoms with Gasteiger partial charge in [0, 0.05) is 12.8 Å². The van der Waals surface area contributed by atoms with E-state index < -0.39 is 198 Å². The summed E-state index contributed by atoms with van der Waals surface area (Å²) in [5.41, 5.74) is -1.39. The van der Waals surface area contributed by atoms with Crippen LogP contribution in [0.5, 0.6) is 0 Å². The maximum Gasteiger partial charge on any atom is 0.397 e. The Labute approximate surface area is 500 Å². The number of aliphatic hydroxyl groups excluding tert-OH is 10. The third kappa shape index (κ3) is 13.2. The summed E-state index contributed by atoms with van der Waals surface area (Å²) in [5.74, 6) is -4.10. The molecule has 4 aliphatic carbocycles. The Morgan fingerprint density at radius 1 is 0.628 bits per heavy atom. The van der Waals surface area contributed by atoms with Crippen molar-refractivity contribution in [1.82, 2.24) is 0 Å². The van der Waals surface area contributed by atoms with Gasteiger partial charge in [0.2, 0.25) is 5.79 Å². The van der Waals surface area contributed by atoms with Gasteiger partial charge in [-0.25, -0.2) is 4.18 Å². The lowest BCUT2D eigenvalue weighted by Crippen LogP contribution is -2.70. The number of hydrogen-bond acceptors (Lipinski definition) is 27. The lowest BCUT2D eigenvalue weighted by molar-refractivity contribution is -0.432. The Kier molecular flexibility index (Phi) is 20.5. The van der Waals surface area contributed by atoms with Crippen molar-refractivity contribution in [1.29, 1.82) is 0 Å². The molecule has 496 valence electrons. The fourth-order valence-corrected chi connectivity index (χ4v) is 16.5. The fraction of sp³-hybridized carbons (Fsp3) is 0.947. The van der Waals surface area contributed by atoms with Gasteiger partial charge in [-0.2, -0.15) is 8.42 Å². The summed E-state index contributed by atoms with van der Waals surface area (Å²) < 4.78 is 101. The van der Waals surface area contributed by atoms with Crippen molar-refractivity contribution in [3.63, 3.8) is 0 Å². The molecule has 0 radical (unpaired) electrons. The van der Waals surface area contributed by atoms with Gasteiger partial charge in [-0.15, -0.1) is 0 Å². The van der Waals surface area contributed by atoms with E-state index in [1.165, 1.54) is 34.6 Å². The van der Waals surface area contributed by atoms with E-state index in [0.29, 0.717) is 32.1 Å². The largest absolute Gasteiger partial charge is 0.397 e. The number of fused-ring (bicyclic) bond motifs is 5. The summed E-state index contributed by atoms with van der Waals surface area (Å²) in [5, 5.41) is 148. The maximum atomic E-state index is 13.2. The quantitative estimate of drug-likeness (QED) is 0.0428. The zero-order valence-electron chi connectivity index (χ0n) is 50.2. The van der Waals surface area contributed by atoms with Gasteiger partial charge in [0.1, 0.15) is 97.3 Å². The first-order valence-corrected chi connectivity index (χ1v) is 31.7. The minimum atomic E-state index is -4.91. The van der Waals surface area contributed by atoms with Crippen LogP contribution in [-0.2, 0) is 66.7 Å². The van der Waals surface area contributed by atoms with E-state index in [2.05, 4.69) is 19.9 Å². The molecule has 5 aliphatic heterocycles. The van der Waals surface area contributed by atoms with Crippen molar-refractivity contribution in [2.45, 2.75) is 298 Å². The molecule has 14 N–H and O–H groups in total. The van der Waals surface area contributed by atoms with Gasteiger partial charge in [0.25, 0.3) is 0 Å². The second kappa shape index (κ2) is 25.7. The number of allylic oxidation sites excluding steroid dienone is 2. The van der Waals surface area contributed by atoms with Gasteiger partial charge in [0.05, 0.1) is 42.2 Å². The molecule has 0 aromatic heterocycles. The Morgan fingerprint density at radius 2 is 1.14 bits per heavy atom. The molecule has 29 heteroatoms. The Hall–Kier alpha value is -1.64. The summed E-state index contributed by atoms with van der Waals surface area (Å²) >= 11 is 0. The highest BCUT2D eigenvalue weighted by Crippen LogP contribution is 2.67. The van der Waals surface area contributed by atoms with Crippen molar-refractivity contribution < 1.29 is 136 Å². The zero-order chi connectivity index (χ0) is 63.4. The van der Waals surface area contributed by atoms with E-state index in [-0.39, 0.29) is 55.1 Å². The topological polar surface area (TPSA) is 436 Å². The molecule has 5 heterocycles. The maximum absolute atomic E-state index is 13.2. The van der Waals surface area contributed by atoms with Crippen LogP contribution in [0.25, 0.3) is 0 Å². The van der Waals surface area contributed by atoms with Crippen LogP contribution < -0.4 is 0 Å². The number of ketones is 1. The van der Waals surface area contributed by atoms with Crippen molar-refractivity contribution in [3.05, 3.63) is 11.6 Å². The van der Waals surface area contributed by atoms with E-state index >= 15 is 0 Å². The molecule has 3 saturated carbocycles. The third-order valence-corrected chi connectivity index (χ3v) is 21.2. The number of rotatable bonds is 17. The van der Waals surface area contributed by atoms with E-state index in [9.17, 15) is 84.1 Å². The van der Waals surface area contributed by atoms with E-state index in [0.717, 1.165) is 5.57 Å². The Bertz CT molecular complexity index is 2490. The Balaban J connectivity index is 1.00. The second-order valence-electron chi connectivity index (χ2n) is 27.3. The molecule has 28 nitrogen and oxygen atoms in total. The number of carbonyl (C=O) groups is 1. The molecule has 0 spiro atoms. The molecule has 0 aromatic rings. The van der Waals surface area contributed by atoms with Gasteiger partial charge in [-0.1, -0.05) is 39.3 Å². The van der Waals surface area contributed by atoms with Gasteiger partial charge in [0.15, 0.2) is 31.5 Å². The van der Waals surface area contributed by atoms with E-state index in [1.54, 1.807) is 6.92 Å². The molecular weight excluding hydrogens is 1160 g/mol. The van der Waals surface area contributed by atoms with Crippen molar-refractivity contribution in [3.8, 4) is 0 Å². The first-order valence-electron chi connectivity index (χ1n) is 30.3. The van der Waals surface area contributed by atoms with Crippen LogP contribution in [0.15, 0.2) is 11.6 Å². The summed E-state index contributed by atoms with van der Waals surface area (Å²) in [4.78, 5) is 13.2. The SMILES string of the molecule is CC(C)CC(=O)CC(C)(O)C1CCC2C3CC(OC4OC(C)C(O)(O)C(OC5OC(C)C(OC6OC(C)C(O)C(O)C6OC6OC(C)C(O)C(O)C6O)C(O)C5OC5OC(C)C(O)C(O)C5O)C4O)C4CC(OS(=O)(=O)O)CCC4(C)C3=CCC21C. The highest BCUT2D eigenvalue weighted by atomic mass is 32.3. The Morgan fingerprint density at radius 3 is 1.71 bits per heavy atom. The number of hydrogen-bond donors (Lipinski definition) is 14. The predicted octanol–water partition coefficient (Wildman–Crippen LogP) is -1.94. The van der Waals surface area contributed by atoms with Gasteiger partial charge in [-0.05, 0) is 127 Å². The summed E-state index contributed by atoms with van der Waals surface area (Å²) in [6.07, 6.45) is -38.2. The molecule has 9 aliphatic rings. The van der Waals surface area contributed by atoms with Crippen LogP contribution in [0.2, 0.25) is 0 Å². The van der Waals surface area contributed by atoms with Crippen LogP contribution in [0, 0.1) is 40.4 Å². The lowest BCUT2D eigenvalue weighted by atomic mass is 9.47. The highest BCUT2D eigenvalue weighted by Gasteiger charge is 2.65. The van der Waals surface area contributed by atoms with Crippen LogP contribution in [0.4, 0.5) is 0 Å². The minimum Gasteiger partial charge on any atom is -0.389 e.